The summed E-state index contributed by atoms with van der Waals surface area (Å²) in [7, 11) is 0. The summed E-state index contributed by atoms with van der Waals surface area (Å²) in [5, 5.41) is 29.7. The number of fused-ring (bicyclic) bond motifs is 1. The van der Waals surface area contributed by atoms with Crippen LogP contribution >= 0.6 is 0 Å². The molecular weight excluding hydrogens is 386 g/mol. The van der Waals surface area contributed by atoms with E-state index in [9.17, 15) is 15.3 Å². The first-order chi connectivity index (χ1) is 14.6. The van der Waals surface area contributed by atoms with E-state index in [1.165, 1.54) is 49.4 Å². The van der Waals surface area contributed by atoms with E-state index in [-0.39, 0.29) is 11.6 Å². The minimum absolute atomic E-state index is 0.193. The molecule has 4 atom stereocenters. The molecule has 30 heavy (non-hydrogen) atoms. The highest BCUT2D eigenvalue weighted by Gasteiger charge is 2.44. The zero-order chi connectivity index (χ0) is 21.1. The molecule has 0 bridgehead atoms. The molecule has 2 fully saturated rings. The summed E-state index contributed by atoms with van der Waals surface area (Å²) in [5.41, 5.74) is 6.77. The van der Waals surface area contributed by atoms with E-state index in [2.05, 4.69) is 26.8 Å². The van der Waals surface area contributed by atoms with Gasteiger partial charge in [0.15, 0.2) is 17.7 Å². The molecule has 0 aromatic carbocycles. The third-order valence-electron chi connectivity index (χ3n) is 6.09. The van der Waals surface area contributed by atoms with Crippen molar-refractivity contribution in [2.75, 3.05) is 12.3 Å². The first-order valence-corrected chi connectivity index (χ1v) is 10.7. The fourth-order valence-electron chi connectivity index (χ4n) is 4.36. The van der Waals surface area contributed by atoms with E-state index in [4.69, 9.17) is 10.5 Å². The lowest BCUT2D eigenvalue weighted by atomic mass is 9.95. The number of aromatic nitrogens is 4. The van der Waals surface area contributed by atoms with Crippen LogP contribution in [-0.4, -0.2) is 59.8 Å². The quantitative estimate of drug-likeness (QED) is 0.430. The Morgan fingerprint density at radius 2 is 1.90 bits per heavy atom. The molecular formula is C21H29N5O4. The smallest absolute Gasteiger partial charge is 0.208 e. The van der Waals surface area contributed by atoms with Crippen LogP contribution in [0, 0.1) is 17.8 Å². The minimum atomic E-state index is -1.23. The van der Waals surface area contributed by atoms with Gasteiger partial charge in [-0.3, -0.25) is 4.57 Å². The predicted molar refractivity (Wildman–Crippen MR) is 110 cm³/mol. The molecule has 1 saturated heterocycles. The van der Waals surface area contributed by atoms with Crippen LogP contribution in [0.4, 0.5) is 5.82 Å². The van der Waals surface area contributed by atoms with Crippen molar-refractivity contribution in [2.45, 2.75) is 75.9 Å². The number of nitrogens with two attached hydrogens (primary N) is 1. The number of hydrogen-bond donors (Lipinski definition) is 4. The molecule has 2 aromatic heterocycles. The van der Waals surface area contributed by atoms with Crippen LogP contribution in [-0.2, 0) is 4.74 Å². The van der Waals surface area contributed by atoms with Gasteiger partial charge in [0.25, 0.3) is 0 Å². The van der Waals surface area contributed by atoms with Gasteiger partial charge < -0.3 is 25.8 Å². The Labute approximate surface area is 175 Å². The topological polar surface area (TPSA) is 140 Å². The number of rotatable bonds is 4. The average Bonchev–Trinajstić information content (AvgIpc) is 3.15. The molecule has 2 unspecified atom stereocenters. The van der Waals surface area contributed by atoms with Crippen molar-refractivity contribution in [2.24, 2.45) is 5.92 Å². The lowest BCUT2D eigenvalue weighted by molar-refractivity contribution is -0.0511. The van der Waals surface area contributed by atoms with E-state index >= 15 is 0 Å². The van der Waals surface area contributed by atoms with Crippen molar-refractivity contribution in [1.82, 2.24) is 19.5 Å². The molecule has 0 spiro atoms. The highest BCUT2D eigenvalue weighted by atomic mass is 16.6. The van der Waals surface area contributed by atoms with Gasteiger partial charge in [0, 0.05) is 6.42 Å². The second kappa shape index (κ2) is 9.27. The molecule has 3 heterocycles. The number of ether oxygens (including phenoxy) is 1. The number of aliphatic hydroxyl groups excluding tert-OH is 3. The van der Waals surface area contributed by atoms with E-state index in [1.807, 2.05) is 0 Å². The summed E-state index contributed by atoms with van der Waals surface area (Å²) in [5.74, 6) is 7.39. The maximum absolute atomic E-state index is 10.3. The Balaban J connectivity index is 1.51. The number of aliphatic hydroxyl groups is 3. The zero-order valence-electron chi connectivity index (χ0n) is 16.9. The lowest BCUT2D eigenvalue weighted by Gasteiger charge is -2.16. The number of imidazole rings is 1. The fraction of sp³-hybridized carbons (Fsp3) is 0.667. The summed E-state index contributed by atoms with van der Waals surface area (Å²) in [6.45, 7) is -0.407. The Hall–Kier alpha value is -2.25. The zero-order valence-corrected chi connectivity index (χ0v) is 16.9. The van der Waals surface area contributed by atoms with Gasteiger partial charge in [-0.15, -0.1) is 0 Å². The maximum Gasteiger partial charge on any atom is 0.208 e. The van der Waals surface area contributed by atoms with E-state index in [1.54, 1.807) is 0 Å². The average molecular weight is 415 g/mol. The van der Waals surface area contributed by atoms with Crippen molar-refractivity contribution in [3.05, 3.63) is 12.2 Å². The molecule has 4 rings (SSSR count). The SMILES string of the molecule is Nc1nc(C#CCCC2CCCCCC2)nc2c1ncn2[C@@H]1O[C@H](CO)C(O)C1O. The van der Waals surface area contributed by atoms with Gasteiger partial charge in [0.2, 0.25) is 5.82 Å². The first-order valence-electron chi connectivity index (χ1n) is 10.7. The van der Waals surface area contributed by atoms with Crippen LogP contribution in [0.2, 0.25) is 0 Å². The number of nitrogen functional groups attached to an aromatic ring is 1. The molecule has 0 radical (unpaired) electrons. The van der Waals surface area contributed by atoms with Crippen molar-refractivity contribution in [3.63, 3.8) is 0 Å². The van der Waals surface area contributed by atoms with Gasteiger partial charge in [0.1, 0.15) is 23.8 Å². The van der Waals surface area contributed by atoms with Crippen molar-refractivity contribution in [3.8, 4) is 11.8 Å². The molecule has 9 nitrogen and oxygen atoms in total. The molecule has 0 amide bonds. The first kappa shape index (κ1) is 21.0. The molecule has 2 aromatic rings. The molecule has 1 aliphatic heterocycles. The lowest BCUT2D eigenvalue weighted by Crippen LogP contribution is -2.33. The predicted octanol–water partition coefficient (Wildman–Crippen LogP) is 1.12. The summed E-state index contributed by atoms with van der Waals surface area (Å²) in [6.07, 6.45) is 6.96. The second-order valence-electron chi connectivity index (χ2n) is 8.18. The second-order valence-corrected chi connectivity index (χ2v) is 8.18. The Morgan fingerprint density at radius 3 is 2.60 bits per heavy atom. The maximum atomic E-state index is 10.3. The monoisotopic (exact) mass is 415 g/mol. The normalized spacial score (nSPS) is 27.7. The van der Waals surface area contributed by atoms with Gasteiger partial charge >= 0.3 is 0 Å². The molecule has 2 aliphatic rings. The molecule has 1 aliphatic carbocycles. The highest BCUT2D eigenvalue weighted by molar-refractivity contribution is 5.82. The third-order valence-corrected chi connectivity index (χ3v) is 6.09. The van der Waals surface area contributed by atoms with Gasteiger partial charge in [-0.25, -0.2) is 15.0 Å². The van der Waals surface area contributed by atoms with Crippen LogP contribution in [0.25, 0.3) is 11.2 Å². The van der Waals surface area contributed by atoms with Crippen molar-refractivity contribution in [1.29, 1.82) is 0 Å². The van der Waals surface area contributed by atoms with E-state index in [0.717, 1.165) is 18.8 Å². The summed E-state index contributed by atoms with van der Waals surface area (Å²) in [4.78, 5) is 12.9. The number of anilines is 1. The van der Waals surface area contributed by atoms with Crippen LogP contribution in [0.1, 0.15) is 63.4 Å². The van der Waals surface area contributed by atoms with Crippen LogP contribution < -0.4 is 5.73 Å². The Kier molecular flexibility index (Phi) is 6.49. The Morgan fingerprint density at radius 1 is 1.13 bits per heavy atom. The molecule has 162 valence electrons. The third kappa shape index (κ3) is 4.27. The minimum Gasteiger partial charge on any atom is -0.394 e. The number of hydrogen-bond acceptors (Lipinski definition) is 8. The van der Waals surface area contributed by atoms with Gasteiger partial charge in [-0.1, -0.05) is 44.4 Å². The van der Waals surface area contributed by atoms with E-state index < -0.39 is 31.1 Å². The molecule has 9 heteroatoms. The standard InChI is InChI=1S/C21H29N5O4/c22-19-16-20(26(12-23-16)21-18(29)17(28)14(11-27)30-21)25-15(24-19)10-6-5-9-13-7-3-1-2-4-8-13/h12-14,17-18,21,27-29H,1-5,7-9,11H2,(H2,22,24,25)/t14-,17?,18?,21-/m1/s1. The Bertz CT molecular complexity index is 929. The van der Waals surface area contributed by atoms with Gasteiger partial charge in [-0.2, -0.15) is 0 Å². The van der Waals surface area contributed by atoms with Crippen LogP contribution in [0.3, 0.4) is 0 Å². The van der Waals surface area contributed by atoms with Crippen molar-refractivity contribution >= 4 is 17.0 Å². The summed E-state index contributed by atoms with van der Waals surface area (Å²) in [6, 6.07) is 0. The summed E-state index contributed by atoms with van der Waals surface area (Å²) >= 11 is 0. The van der Waals surface area contributed by atoms with Gasteiger partial charge in [0.05, 0.1) is 12.9 Å². The fourth-order valence-corrected chi connectivity index (χ4v) is 4.36. The van der Waals surface area contributed by atoms with Crippen LogP contribution in [0.5, 0.6) is 0 Å². The number of nitrogens with zero attached hydrogens (tertiary/aromatic N) is 4. The molecule has 5 N–H and O–H groups in total. The van der Waals surface area contributed by atoms with Crippen LogP contribution in [0.15, 0.2) is 6.33 Å². The molecule has 1 saturated carbocycles. The van der Waals surface area contributed by atoms with Crippen molar-refractivity contribution < 1.29 is 20.1 Å². The summed E-state index contributed by atoms with van der Waals surface area (Å²) < 4.78 is 7.07. The van der Waals surface area contributed by atoms with Gasteiger partial charge in [-0.05, 0) is 18.3 Å². The van der Waals surface area contributed by atoms with E-state index in [0.29, 0.717) is 11.2 Å². The highest BCUT2D eigenvalue weighted by Crippen LogP contribution is 2.32. The largest absolute Gasteiger partial charge is 0.394 e.